The normalized spacial score (nSPS) is 22.5. The Bertz CT molecular complexity index is 1160. The highest BCUT2D eigenvalue weighted by Crippen LogP contribution is 2.46. The Labute approximate surface area is 187 Å². The van der Waals surface area contributed by atoms with Crippen molar-refractivity contribution in [3.05, 3.63) is 108 Å². The highest BCUT2D eigenvalue weighted by Gasteiger charge is 2.35. The smallest absolute Gasteiger partial charge is 0.0343 e. The first-order valence-corrected chi connectivity index (χ1v) is 13.8. The summed E-state index contributed by atoms with van der Waals surface area (Å²) in [5.41, 5.74) is 3.68. The maximum Gasteiger partial charge on any atom is 0.0343 e. The molecule has 0 aromatic heterocycles. The molecule has 4 aromatic carbocycles. The number of hydrogen-bond acceptors (Lipinski definition) is 0. The second-order valence-corrected chi connectivity index (χ2v) is 11.8. The number of benzene rings is 4. The summed E-state index contributed by atoms with van der Waals surface area (Å²) in [5, 5.41) is 5.63. The zero-order valence-corrected chi connectivity index (χ0v) is 19.5. The van der Waals surface area contributed by atoms with Crippen LogP contribution in [0, 0.1) is 17.8 Å². The van der Waals surface area contributed by atoms with Crippen molar-refractivity contribution in [3.8, 4) is 0 Å². The molecular weight excluding hydrogens is 388 g/mol. The van der Waals surface area contributed by atoms with Crippen molar-refractivity contribution in [1.29, 1.82) is 0 Å². The molecule has 0 nitrogen and oxygen atoms in total. The summed E-state index contributed by atoms with van der Waals surface area (Å²) >= 11 is 0. The third kappa shape index (κ3) is 3.55. The molecule has 6 rings (SSSR count). The second kappa shape index (κ2) is 8.13. The number of hydrogen-bond donors (Lipinski definition) is 0. The Hall–Kier alpha value is -2.64. The van der Waals surface area contributed by atoms with Crippen molar-refractivity contribution in [2.45, 2.75) is 30.8 Å². The average molecular weight is 419 g/mol. The molecule has 1 fully saturated rings. The molecule has 154 valence electrons. The highest BCUT2D eigenvalue weighted by molar-refractivity contribution is 6.40. The monoisotopic (exact) mass is 418 g/mol. The van der Waals surface area contributed by atoms with Crippen LogP contribution in [0.25, 0.3) is 21.5 Å². The first kappa shape index (κ1) is 19.1. The summed E-state index contributed by atoms with van der Waals surface area (Å²) in [4.78, 5) is 0. The average Bonchev–Trinajstić information content (AvgIpc) is 3.45. The summed E-state index contributed by atoms with van der Waals surface area (Å²) in [6.45, 7) is 0. The minimum Gasteiger partial charge on any atom is -0.0851 e. The van der Waals surface area contributed by atoms with E-state index in [0.717, 1.165) is 17.8 Å². The van der Waals surface area contributed by atoms with Crippen molar-refractivity contribution >= 4 is 31.1 Å². The van der Waals surface area contributed by atoms with Gasteiger partial charge in [-0.2, -0.15) is 0 Å². The molecule has 0 aliphatic heterocycles. The Kier molecular flexibility index (Phi) is 5.00. The van der Waals surface area contributed by atoms with Gasteiger partial charge in [-0.25, -0.2) is 0 Å². The van der Waals surface area contributed by atoms with Crippen molar-refractivity contribution < 1.29 is 0 Å². The lowest BCUT2D eigenvalue weighted by molar-refractivity contribution is 0.433. The van der Waals surface area contributed by atoms with Crippen LogP contribution in [-0.2, 0) is 0 Å². The lowest BCUT2D eigenvalue weighted by atomic mass is 9.91. The summed E-state index contributed by atoms with van der Waals surface area (Å²) < 4.78 is 0. The van der Waals surface area contributed by atoms with Crippen LogP contribution in [0.1, 0.15) is 35.9 Å². The van der Waals surface area contributed by atoms with Gasteiger partial charge in [0.1, 0.15) is 0 Å². The maximum absolute atomic E-state index is 2.52. The number of fused-ring (bicyclic) bond motifs is 4. The van der Waals surface area contributed by atoms with Gasteiger partial charge in [-0.05, 0) is 68.8 Å². The molecule has 2 bridgehead atoms. The fourth-order valence-electron chi connectivity index (χ4n) is 6.40. The van der Waals surface area contributed by atoms with E-state index >= 15 is 0 Å². The van der Waals surface area contributed by atoms with Crippen molar-refractivity contribution in [2.75, 3.05) is 0 Å². The topological polar surface area (TPSA) is 0 Å². The minimum atomic E-state index is -0.321. The lowest BCUT2D eigenvalue weighted by Gasteiger charge is -2.23. The van der Waals surface area contributed by atoms with E-state index in [4.69, 9.17) is 0 Å². The summed E-state index contributed by atoms with van der Waals surface area (Å²) in [6, 6.07) is 33.3. The van der Waals surface area contributed by atoms with Gasteiger partial charge in [0.05, 0.1) is 0 Å². The molecule has 0 amide bonds. The summed E-state index contributed by atoms with van der Waals surface area (Å²) in [7, 11) is -0.321. The van der Waals surface area contributed by atoms with E-state index in [1.165, 1.54) is 46.9 Å². The fraction of sp³-hybridized carbons (Fsp3) is 0.267. The first-order valence-electron chi connectivity index (χ1n) is 12.0. The molecule has 0 N–H and O–H groups in total. The lowest BCUT2D eigenvalue weighted by Crippen LogP contribution is -2.14. The van der Waals surface area contributed by atoms with E-state index in [1.54, 1.807) is 11.1 Å². The third-order valence-electron chi connectivity index (χ3n) is 7.88. The fourth-order valence-corrected chi connectivity index (χ4v) is 8.90. The molecule has 31 heavy (non-hydrogen) atoms. The SMILES string of the molecule is C1=CC2CC1CC2CC[SiH2]C(c1cccc2ccccc12)c1cccc2ccccc12. The van der Waals surface area contributed by atoms with Gasteiger partial charge < -0.3 is 0 Å². The van der Waals surface area contributed by atoms with Gasteiger partial charge in [0.2, 0.25) is 0 Å². The minimum absolute atomic E-state index is 0.321. The predicted octanol–water partition coefficient (Wildman–Crippen LogP) is 7.27. The molecule has 0 radical (unpaired) electrons. The molecule has 0 saturated heterocycles. The van der Waals surface area contributed by atoms with E-state index in [1.807, 2.05) is 0 Å². The van der Waals surface area contributed by atoms with Crippen LogP contribution in [-0.4, -0.2) is 9.52 Å². The number of rotatable bonds is 6. The van der Waals surface area contributed by atoms with Crippen LogP contribution in [0.15, 0.2) is 97.1 Å². The quantitative estimate of drug-likeness (QED) is 0.228. The highest BCUT2D eigenvalue weighted by atomic mass is 28.2. The Balaban J connectivity index is 1.38. The maximum atomic E-state index is 2.52. The molecule has 0 spiro atoms. The van der Waals surface area contributed by atoms with Crippen molar-refractivity contribution in [1.82, 2.24) is 0 Å². The Morgan fingerprint density at radius 1 is 0.677 bits per heavy atom. The molecule has 3 atom stereocenters. The predicted molar refractivity (Wildman–Crippen MR) is 137 cm³/mol. The van der Waals surface area contributed by atoms with Gasteiger partial charge in [0.15, 0.2) is 0 Å². The van der Waals surface area contributed by atoms with Crippen LogP contribution >= 0.6 is 0 Å². The van der Waals surface area contributed by atoms with Crippen LogP contribution in [0.5, 0.6) is 0 Å². The second-order valence-electron chi connectivity index (χ2n) is 9.66. The van der Waals surface area contributed by atoms with Crippen LogP contribution in [0.3, 0.4) is 0 Å². The van der Waals surface area contributed by atoms with Gasteiger partial charge in [0.25, 0.3) is 0 Å². The molecule has 2 aliphatic rings. The molecule has 1 heteroatoms. The Morgan fingerprint density at radius 2 is 1.29 bits per heavy atom. The van der Waals surface area contributed by atoms with Gasteiger partial charge in [-0.15, -0.1) is 0 Å². The summed E-state index contributed by atoms with van der Waals surface area (Å²) in [6.07, 6.45) is 9.32. The van der Waals surface area contributed by atoms with E-state index in [-0.39, 0.29) is 9.52 Å². The largest absolute Gasteiger partial charge is 0.0851 e. The van der Waals surface area contributed by atoms with Gasteiger partial charge in [-0.1, -0.05) is 110 Å². The van der Waals surface area contributed by atoms with E-state index in [2.05, 4.69) is 97.1 Å². The molecule has 0 heterocycles. The molecule has 4 aromatic rings. The van der Waals surface area contributed by atoms with Crippen LogP contribution in [0.4, 0.5) is 0 Å². The van der Waals surface area contributed by atoms with Crippen LogP contribution in [0.2, 0.25) is 6.04 Å². The molecule has 1 saturated carbocycles. The number of allylic oxidation sites excluding steroid dienone is 2. The zero-order valence-electron chi connectivity index (χ0n) is 18.1. The molecule has 2 aliphatic carbocycles. The molecular formula is C30H30Si. The van der Waals surface area contributed by atoms with Gasteiger partial charge in [-0.3, -0.25) is 0 Å². The zero-order chi connectivity index (χ0) is 20.6. The van der Waals surface area contributed by atoms with E-state index in [9.17, 15) is 0 Å². The molecule has 3 unspecified atom stereocenters. The standard InChI is InChI=1S/C30H30Si/c1-3-11-26-22(7-1)9-5-13-28(26)30(29-14-6-10-23-8-2-4-12-27(23)29)31-18-17-25-20-21-15-16-24(25)19-21/h1-16,21,24-25,30H,17-20,31H2. The van der Waals surface area contributed by atoms with Crippen LogP contribution < -0.4 is 0 Å². The third-order valence-corrected chi connectivity index (χ3v) is 10.2. The first-order chi connectivity index (χ1) is 15.4. The van der Waals surface area contributed by atoms with Gasteiger partial charge >= 0.3 is 0 Å². The summed E-state index contributed by atoms with van der Waals surface area (Å²) in [5.74, 6) is 2.72. The van der Waals surface area contributed by atoms with Crippen molar-refractivity contribution in [3.63, 3.8) is 0 Å². The van der Waals surface area contributed by atoms with Gasteiger partial charge in [0, 0.05) is 9.52 Å². The van der Waals surface area contributed by atoms with E-state index in [0.29, 0.717) is 5.54 Å². The Morgan fingerprint density at radius 3 is 1.87 bits per heavy atom. The van der Waals surface area contributed by atoms with Crippen molar-refractivity contribution in [2.24, 2.45) is 17.8 Å². The van der Waals surface area contributed by atoms with E-state index < -0.39 is 0 Å².